The van der Waals surface area contributed by atoms with E-state index in [1.165, 1.54) is 4.52 Å². The SMILES string of the molecule is Cc1nc2nc(C)c(CC(=O)O)c(Cl)n2n1. The van der Waals surface area contributed by atoms with Crippen LogP contribution in [0.4, 0.5) is 0 Å². The molecule has 2 aromatic rings. The second kappa shape index (κ2) is 3.71. The van der Waals surface area contributed by atoms with Crippen LogP contribution in [-0.2, 0) is 11.2 Å². The summed E-state index contributed by atoms with van der Waals surface area (Å²) < 4.78 is 1.35. The molecular formula is C9H9ClN4O2. The molecule has 0 aliphatic carbocycles. The Labute approximate surface area is 95.9 Å². The van der Waals surface area contributed by atoms with Crippen LogP contribution in [0.25, 0.3) is 5.78 Å². The fraction of sp³-hybridized carbons (Fsp3) is 0.333. The Morgan fingerprint density at radius 3 is 2.75 bits per heavy atom. The van der Waals surface area contributed by atoms with Crippen molar-refractivity contribution >= 4 is 23.3 Å². The fourth-order valence-corrected chi connectivity index (χ4v) is 1.77. The van der Waals surface area contributed by atoms with Crippen molar-refractivity contribution in [3.8, 4) is 0 Å². The van der Waals surface area contributed by atoms with Crippen molar-refractivity contribution in [1.29, 1.82) is 0 Å². The Kier molecular flexibility index (Phi) is 2.51. The number of halogens is 1. The standard InChI is InChI=1S/C9H9ClN4O2/c1-4-6(3-7(15)16)8(10)14-9(11-4)12-5(2)13-14/h3H2,1-2H3,(H,15,16). The van der Waals surface area contributed by atoms with Gasteiger partial charge in [-0.15, -0.1) is 5.10 Å². The van der Waals surface area contributed by atoms with Crippen LogP contribution in [0.1, 0.15) is 17.1 Å². The molecular weight excluding hydrogens is 232 g/mol. The molecule has 84 valence electrons. The van der Waals surface area contributed by atoms with Crippen LogP contribution in [-0.4, -0.2) is 30.7 Å². The Bertz CT molecular complexity index is 578. The van der Waals surface area contributed by atoms with E-state index < -0.39 is 5.97 Å². The van der Waals surface area contributed by atoms with E-state index >= 15 is 0 Å². The van der Waals surface area contributed by atoms with Crippen LogP contribution < -0.4 is 0 Å². The van der Waals surface area contributed by atoms with Gasteiger partial charge in [-0.3, -0.25) is 4.79 Å². The molecule has 6 nitrogen and oxygen atoms in total. The second-order valence-electron chi connectivity index (χ2n) is 3.41. The quantitative estimate of drug-likeness (QED) is 0.793. The van der Waals surface area contributed by atoms with Crippen LogP contribution in [0.3, 0.4) is 0 Å². The van der Waals surface area contributed by atoms with Gasteiger partial charge in [0.15, 0.2) is 0 Å². The number of carbonyl (C=O) groups is 1. The average Bonchev–Trinajstić information content (AvgIpc) is 2.53. The van der Waals surface area contributed by atoms with Crippen LogP contribution in [0.5, 0.6) is 0 Å². The third-order valence-electron chi connectivity index (χ3n) is 2.16. The first-order valence-corrected chi connectivity index (χ1v) is 4.97. The van der Waals surface area contributed by atoms with E-state index in [1.54, 1.807) is 13.8 Å². The second-order valence-corrected chi connectivity index (χ2v) is 3.77. The lowest BCUT2D eigenvalue weighted by atomic mass is 10.2. The maximum Gasteiger partial charge on any atom is 0.308 e. The van der Waals surface area contributed by atoms with Crippen molar-refractivity contribution in [2.45, 2.75) is 20.3 Å². The summed E-state index contributed by atoms with van der Waals surface area (Å²) in [6.07, 6.45) is -0.174. The third-order valence-corrected chi connectivity index (χ3v) is 2.55. The predicted octanol–water partition coefficient (Wildman–Crippen LogP) is 1.02. The van der Waals surface area contributed by atoms with E-state index in [1.807, 2.05) is 0 Å². The Morgan fingerprint density at radius 1 is 1.44 bits per heavy atom. The molecule has 0 aliphatic rings. The molecule has 2 rings (SSSR count). The zero-order valence-electron chi connectivity index (χ0n) is 8.73. The highest BCUT2D eigenvalue weighted by Crippen LogP contribution is 2.19. The predicted molar refractivity (Wildman–Crippen MR) is 56.6 cm³/mol. The van der Waals surface area contributed by atoms with Crippen LogP contribution >= 0.6 is 11.6 Å². The smallest absolute Gasteiger partial charge is 0.308 e. The summed E-state index contributed by atoms with van der Waals surface area (Å²) in [6, 6.07) is 0. The van der Waals surface area contributed by atoms with Gasteiger partial charge in [0, 0.05) is 11.3 Å². The largest absolute Gasteiger partial charge is 0.481 e. The Balaban J connectivity index is 2.69. The molecule has 0 amide bonds. The highest BCUT2D eigenvalue weighted by atomic mass is 35.5. The number of aryl methyl sites for hydroxylation is 2. The molecule has 1 N–H and O–H groups in total. The lowest BCUT2D eigenvalue weighted by Crippen LogP contribution is -2.08. The summed E-state index contributed by atoms with van der Waals surface area (Å²) in [5, 5.41) is 13.1. The molecule has 2 heterocycles. The van der Waals surface area contributed by atoms with Crippen molar-refractivity contribution in [2.75, 3.05) is 0 Å². The molecule has 0 saturated heterocycles. The molecule has 0 spiro atoms. The van der Waals surface area contributed by atoms with Gasteiger partial charge in [0.2, 0.25) is 0 Å². The summed E-state index contributed by atoms with van der Waals surface area (Å²) in [5.41, 5.74) is 1.03. The topological polar surface area (TPSA) is 80.4 Å². The number of aromatic nitrogens is 4. The number of hydrogen-bond donors (Lipinski definition) is 1. The minimum Gasteiger partial charge on any atom is -0.481 e. The van der Waals surface area contributed by atoms with E-state index in [-0.39, 0.29) is 11.6 Å². The van der Waals surface area contributed by atoms with Gasteiger partial charge in [0.1, 0.15) is 11.0 Å². The van der Waals surface area contributed by atoms with Gasteiger partial charge >= 0.3 is 5.97 Å². The summed E-state index contributed by atoms with van der Waals surface area (Å²) in [7, 11) is 0. The highest BCUT2D eigenvalue weighted by molar-refractivity contribution is 6.30. The molecule has 0 saturated carbocycles. The number of nitrogens with zero attached hydrogens (tertiary/aromatic N) is 4. The molecule has 0 atom stereocenters. The van der Waals surface area contributed by atoms with Crippen LogP contribution in [0, 0.1) is 13.8 Å². The first kappa shape index (κ1) is 10.8. The van der Waals surface area contributed by atoms with Crippen molar-refractivity contribution in [2.24, 2.45) is 0 Å². The van der Waals surface area contributed by atoms with E-state index in [2.05, 4.69) is 15.1 Å². The highest BCUT2D eigenvalue weighted by Gasteiger charge is 2.15. The van der Waals surface area contributed by atoms with Gasteiger partial charge in [-0.25, -0.2) is 4.98 Å². The third kappa shape index (κ3) is 1.71. The van der Waals surface area contributed by atoms with Gasteiger partial charge < -0.3 is 5.11 Å². The van der Waals surface area contributed by atoms with Crippen LogP contribution in [0.2, 0.25) is 5.15 Å². The van der Waals surface area contributed by atoms with Gasteiger partial charge in [-0.1, -0.05) is 11.6 Å². The van der Waals surface area contributed by atoms with Crippen molar-refractivity contribution in [3.63, 3.8) is 0 Å². The van der Waals surface area contributed by atoms with E-state index in [4.69, 9.17) is 16.7 Å². The normalized spacial score (nSPS) is 10.9. The molecule has 0 unspecified atom stereocenters. The summed E-state index contributed by atoms with van der Waals surface area (Å²) >= 11 is 6.06. The number of aliphatic carboxylic acids is 1. The molecule has 0 radical (unpaired) electrons. The van der Waals surface area contributed by atoms with Gasteiger partial charge in [0.05, 0.1) is 6.42 Å². The van der Waals surface area contributed by atoms with Crippen molar-refractivity contribution < 1.29 is 9.90 Å². The fourth-order valence-electron chi connectivity index (χ4n) is 1.45. The molecule has 0 aromatic carbocycles. The zero-order chi connectivity index (χ0) is 11.9. The van der Waals surface area contributed by atoms with Gasteiger partial charge in [-0.05, 0) is 13.8 Å². The number of carboxylic acids is 1. The first-order chi connectivity index (χ1) is 7.49. The zero-order valence-corrected chi connectivity index (χ0v) is 9.49. The Hall–Kier alpha value is -1.69. The molecule has 0 fully saturated rings. The molecule has 2 aromatic heterocycles. The Morgan fingerprint density at radius 2 is 2.12 bits per heavy atom. The molecule has 7 heteroatoms. The van der Waals surface area contributed by atoms with E-state index in [9.17, 15) is 4.79 Å². The number of hydrogen-bond acceptors (Lipinski definition) is 4. The molecule has 0 aliphatic heterocycles. The monoisotopic (exact) mass is 240 g/mol. The number of rotatable bonds is 2. The van der Waals surface area contributed by atoms with Crippen molar-refractivity contribution in [3.05, 3.63) is 22.2 Å². The minimum atomic E-state index is -0.956. The average molecular weight is 241 g/mol. The summed E-state index contributed by atoms with van der Waals surface area (Å²) in [5.74, 6) is -0.0293. The maximum absolute atomic E-state index is 10.7. The molecule has 16 heavy (non-hydrogen) atoms. The maximum atomic E-state index is 10.7. The minimum absolute atomic E-state index is 0.174. The lowest BCUT2D eigenvalue weighted by Gasteiger charge is -2.05. The molecule has 0 bridgehead atoms. The summed E-state index contributed by atoms with van der Waals surface area (Å²) in [6.45, 7) is 3.42. The first-order valence-electron chi connectivity index (χ1n) is 4.59. The van der Waals surface area contributed by atoms with Crippen LogP contribution in [0.15, 0.2) is 0 Å². The van der Waals surface area contributed by atoms with E-state index in [0.29, 0.717) is 22.9 Å². The van der Waals surface area contributed by atoms with Gasteiger partial charge in [-0.2, -0.15) is 9.50 Å². The lowest BCUT2D eigenvalue weighted by molar-refractivity contribution is -0.136. The van der Waals surface area contributed by atoms with Gasteiger partial charge in [0.25, 0.3) is 5.78 Å². The summed E-state index contributed by atoms with van der Waals surface area (Å²) in [4.78, 5) is 18.9. The van der Waals surface area contributed by atoms with E-state index in [0.717, 1.165) is 0 Å². The van der Waals surface area contributed by atoms with Crippen molar-refractivity contribution in [1.82, 2.24) is 19.6 Å². The number of carboxylic acid groups (broad SMARTS) is 1. The number of fused-ring (bicyclic) bond motifs is 1.